The zero-order valence-corrected chi connectivity index (χ0v) is 6.76. The average Bonchev–Trinajstić information content (AvgIpc) is 1.98. The number of aliphatic hydroxyl groups excluding tert-OH is 1. The molecule has 0 saturated carbocycles. The molecular formula is C10H24O2. The van der Waals surface area contributed by atoms with Crippen molar-refractivity contribution in [1.29, 1.82) is 0 Å². The zero-order valence-electron chi connectivity index (χ0n) is 6.76. The molecule has 0 aliphatic carbocycles. The number of hydrogen-bond acceptors (Lipinski definition) is 2. The van der Waals surface area contributed by atoms with Crippen molar-refractivity contribution in [3.05, 3.63) is 0 Å². The van der Waals surface area contributed by atoms with E-state index in [0.29, 0.717) is 12.8 Å². The second-order valence-corrected chi connectivity index (χ2v) is 2.60. The molecule has 1 atom stereocenters. The summed E-state index contributed by atoms with van der Waals surface area (Å²) in [5, 5.41) is 8.42. The van der Waals surface area contributed by atoms with Crippen molar-refractivity contribution in [3.8, 4) is 0 Å². The molecule has 0 aliphatic rings. The molecule has 12 heavy (non-hydrogen) atoms. The van der Waals surface area contributed by atoms with Crippen molar-refractivity contribution in [1.82, 2.24) is 0 Å². The van der Waals surface area contributed by atoms with Gasteiger partial charge in [0.15, 0.2) is 0 Å². The lowest BCUT2D eigenvalue weighted by atomic mass is 10.0. The summed E-state index contributed by atoms with van der Waals surface area (Å²) in [6.07, 6.45) is 2.05. The summed E-state index contributed by atoms with van der Waals surface area (Å²) in [7, 11) is 0. The van der Waals surface area contributed by atoms with Crippen molar-refractivity contribution in [2.24, 2.45) is 5.92 Å². The number of rotatable bonds is 5. The second-order valence-electron chi connectivity index (χ2n) is 2.60. The van der Waals surface area contributed by atoms with Crippen LogP contribution in [0.2, 0.25) is 0 Å². The molecule has 0 amide bonds. The first kappa shape index (κ1) is 17.6. The maximum absolute atomic E-state index is 11.0. The van der Waals surface area contributed by atoms with Crippen LogP contribution >= 0.6 is 0 Å². The minimum absolute atomic E-state index is 0. The standard InChI is InChI=1S/C8H16O2.2CH4/c1-3-7(2)8(10)5-4-6-9;;/h7,9H,3-6H2,1-2H3;2*1H4. The van der Waals surface area contributed by atoms with Gasteiger partial charge in [0.1, 0.15) is 5.78 Å². The number of hydrogen-bond donors (Lipinski definition) is 1. The maximum atomic E-state index is 11.0. The van der Waals surface area contributed by atoms with Crippen molar-refractivity contribution >= 4 is 5.78 Å². The van der Waals surface area contributed by atoms with Crippen LogP contribution < -0.4 is 0 Å². The van der Waals surface area contributed by atoms with E-state index in [2.05, 4.69) is 0 Å². The molecule has 0 aliphatic heterocycles. The van der Waals surface area contributed by atoms with E-state index in [9.17, 15) is 4.79 Å². The molecule has 0 bridgehead atoms. The van der Waals surface area contributed by atoms with Gasteiger partial charge in [-0.1, -0.05) is 28.7 Å². The van der Waals surface area contributed by atoms with Gasteiger partial charge in [-0.3, -0.25) is 4.79 Å². The molecule has 2 heteroatoms. The predicted molar refractivity (Wildman–Crippen MR) is 54.2 cm³/mol. The Morgan fingerprint density at radius 3 is 2.25 bits per heavy atom. The highest BCUT2D eigenvalue weighted by atomic mass is 16.3. The summed E-state index contributed by atoms with van der Waals surface area (Å²) >= 11 is 0. The Hall–Kier alpha value is -0.370. The predicted octanol–water partition coefficient (Wildman–Crippen LogP) is 2.65. The second kappa shape index (κ2) is 10.6. The molecule has 1 N–H and O–H groups in total. The van der Waals surface area contributed by atoms with Gasteiger partial charge in [0.05, 0.1) is 0 Å². The minimum atomic E-state index is 0. The van der Waals surface area contributed by atoms with Gasteiger partial charge >= 0.3 is 0 Å². The summed E-state index contributed by atoms with van der Waals surface area (Å²) in [6, 6.07) is 0. The van der Waals surface area contributed by atoms with Crippen molar-refractivity contribution in [2.75, 3.05) is 6.61 Å². The summed E-state index contributed by atoms with van der Waals surface area (Å²) < 4.78 is 0. The minimum Gasteiger partial charge on any atom is -0.396 e. The summed E-state index contributed by atoms with van der Waals surface area (Å²) in [5.74, 6) is 0.447. The summed E-state index contributed by atoms with van der Waals surface area (Å²) in [6.45, 7) is 4.06. The number of carbonyl (C=O) groups is 1. The van der Waals surface area contributed by atoms with E-state index in [-0.39, 0.29) is 33.2 Å². The van der Waals surface area contributed by atoms with Gasteiger partial charge in [-0.2, -0.15) is 0 Å². The van der Waals surface area contributed by atoms with Crippen LogP contribution in [0.1, 0.15) is 48.0 Å². The first-order chi connectivity index (χ1) is 4.72. The van der Waals surface area contributed by atoms with Gasteiger partial charge in [-0.05, 0) is 12.8 Å². The first-order valence-electron chi connectivity index (χ1n) is 3.86. The Balaban J connectivity index is -0.000000405. The number of carbonyl (C=O) groups excluding carboxylic acids is 1. The van der Waals surface area contributed by atoms with Crippen LogP contribution in [0.25, 0.3) is 0 Å². The number of aliphatic hydroxyl groups is 1. The van der Waals surface area contributed by atoms with E-state index in [1.165, 1.54) is 0 Å². The smallest absolute Gasteiger partial charge is 0.135 e. The van der Waals surface area contributed by atoms with Crippen LogP contribution in [0, 0.1) is 5.92 Å². The van der Waals surface area contributed by atoms with Gasteiger partial charge in [0.2, 0.25) is 0 Å². The van der Waals surface area contributed by atoms with Gasteiger partial charge < -0.3 is 5.11 Å². The zero-order chi connectivity index (χ0) is 7.98. The van der Waals surface area contributed by atoms with E-state index in [4.69, 9.17) is 5.11 Å². The van der Waals surface area contributed by atoms with E-state index in [1.54, 1.807) is 0 Å². The third-order valence-electron chi connectivity index (χ3n) is 1.74. The fraction of sp³-hybridized carbons (Fsp3) is 0.900. The fourth-order valence-electron chi connectivity index (χ4n) is 0.727. The van der Waals surface area contributed by atoms with Crippen molar-refractivity contribution in [3.63, 3.8) is 0 Å². The van der Waals surface area contributed by atoms with E-state index in [0.717, 1.165) is 6.42 Å². The van der Waals surface area contributed by atoms with E-state index in [1.807, 2.05) is 13.8 Å². The number of Topliss-reactive ketones (excluding diaryl/α,β-unsaturated/α-hetero) is 1. The molecule has 0 fully saturated rings. The Kier molecular flexibility index (Phi) is 15.6. The molecule has 0 rings (SSSR count). The molecule has 0 aromatic rings. The van der Waals surface area contributed by atoms with Gasteiger partial charge in [0.25, 0.3) is 0 Å². The fourth-order valence-corrected chi connectivity index (χ4v) is 0.727. The first-order valence-corrected chi connectivity index (χ1v) is 3.86. The lowest BCUT2D eigenvalue weighted by molar-refractivity contribution is -0.122. The van der Waals surface area contributed by atoms with Gasteiger partial charge in [-0.25, -0.2) is 0 Å². The molecule has 2 nitrogen and oxygen atoms in total. The van der Waals surface area contributed by atoms with Crippen LogP contribution in [0.15, 0.2) is 0 Å². The normalized spacial score (nSPS) is 10.9. The lowest BCUT2D eigenvalue weighted by Crippen LogP contribution is -2.09. The highest BCUT2D eigenvalue weighted by molar-refractivity contribution is 5.80. The summed E-state index contributed by atoms with van der Waals surface area (Å²) in [5.41, 5.74) is 0. The molecule has 0 radical (unpaired) electrons. The van der Waals surface area contributed by atoms with E-state index >= 15 is 0 Å². The quantitative estimate of drug-likeness (QED) is 0.699. The third kappa shape index (κ3) is 7.73. The number of ketones is 1. The largest absolute Gasteiger partial charge is 0.396 e. The Labute approximate surface area is 77.0 Å². The monoisotopic (exact) mass is 176 g/mol. The molecule has 0 spiro atoms. The topological polar surface area (TPSA) is 37.3 Å². The van der Waals surface area contributed by atoms with Gasteiger partial charge in [-0.15, -0.1) is 0 Å². The molecule has 0 heterocycles. The molecule has 0 saturated heterocycles. The average molecular weight is 176 g/mol. The molecule has 1 unspecified atom stereocenters. The molecular weight excluding hydrogens is 152 g/mol. The van der Waals surface area contributed by atoms with Crippen molar-refractivity contribution in [2.45, 2.75) is 48.0 Å². The van der Waals surface area contributed by atoms with Gasteiger partial charge in [0, 0.05) is 18.9 Å². The molecule has 0 aromatic heterocycles. The highest BCUT2D eigenvalue weighted by Gasteiger charge is 2.08. The maximum Gasteiger partial charge on any atom is 0.135 e. The molecule has 0 aromatic carbocycles. The van der Waals surface area contributed by atoms with E-state index < -0.39 is 0 Å². The van der Waals surface area contributed by atoms with Crippen molar-refractivity contribution < 1.29 is 9.90 Å². The Morgan fingerprint density at radius 1 is 1.42 bits per heavy atom. The third-order valence-corrected chi connectivity index (χ3v) is 1.74. The van der Waals surface area contributed by atoms with Crippen LogP contribution in [0.3, 0.4) is 0 Å². The Bertz CT molecular complexity index is 100. The SMILES string of the molecule is C.C.CCC(C)C(=O)CCCO. The van der Waals surface area contributed by atoms with Crippen LogP contribution in [-0.4, -0.2) is 17.5 Å². The molecule has 76 valence electrons. The van der Waals surface area contributed by atoms with Crippen LogP contribution in [0.5, 0.6) is 0 Å². The van der Waals surface area contributed by atoms with Crippen LogP contribution in [0.4, 0.5) is 0 Å². The lowest BCUT2D eigenvalue weighted by Gasteiger charge is -2.04. The Morgan fingerprint density at radius 2 is 1.92 bits per heavy atom. The summed E-state index contributed by atoms with van der Waals surface area (Å²) in [4.78, 5) is 11.0. The highest BCUT2D eigenvalue weighted by Crippen LogP contribution is 2.06. The van der Waals surface area contributed by atoms with Crippen LogP contribution in [-0.2, 0) is 4.79 Å².